The fraction of sp³-hybridized carbons (Fsp3) is 0.579. The van der Waals surface area contributed by atoms with E-state index in [1.54, 1.807) is 7.05 Å². The molecular formula is C19H30N4O2. The Bertz CT molecular complexity index is 635. The second-order valence-corrected chi connectivity index (χ2v) is 7.42. The Labute approximate surface area is 150 Å². The summed E-state index contributed by atoms with van der Waals surface area (Å²) in [5.74, 6) is 1.71. The van der Waals surface area contributed by atoms with Crippen molar-refractivity contribution in [2.45, 2.75) is 39.2 Å². The van der Waals surface area contributed by atoms with Gasteiger partial charge in [-0.2, -0.15) is 0 Å². The number of aliphatic imine (C=N–C) groups is 1. The monoisotopic (exact) mass is 346 g/mol. The third kappa shape index (κ3) is 5.96. The molecule has 6 heteroatoms. The average molecular weight is 346 g/mol. The Kier molecular flexibility index (Phi) is 6.28. The Balaban J connectivity index is 1.80. The summed E-state index contributed by atoms with van der Waals surface area (Å²) < 4.78 is 5.54. The Morgan fingerprint density at radius 3 is 2.80 bits per heavy atom. The third-order valence-corrected chi connectivity index (χ3v) is 3.92. The highest BCUT2D eigenvalue weighted by atomic mass is 16.5. The molecule has 0 aliphatic carbocycles. The van der Waals surface area contributed by atoms with Crippen LogP contribution in [0.1, 0.15) is 31.9 Å². The van der Waals surface area contributed by atoms with Crippen LogP contribution in [-0.2, 0) is 17.6 Å². The molecule has 0 atom stereocenters. The van der Waals surface area contributed by atoms with Gasteiger partial charge in [0, 0.05) is 32.6 Å². The van der Waals surface area contributed by atoms with E-state index in [0.29, 0.717) is 5.96 Å². The van der Waals surface area contributed by atoms with Gasteiger partial charge in [0.15, 0.2) is 5.96 Å². The van der Waals surface area contributed by atoms with Crippen LogP contribution in [0.15, 0.2) is 23.2 Å². The van der Waals surface area contributed by atoms with E-state index in [1.807, 2.05) is 32.7 Å². The maximum absolute atomic E-state index is 12.0. The first-order valence-corrected chi connectivity index (χ1v) is 8.76. The second-order valence-electron chi connectivity index (χ2n) is 7.42. The van der Waals surface area contributed by atoms with Crippen molar-refractivity contribution in [2.24, 2.45) is 4.99 Å². The van der Waals surface area contributed by atoms with E-state index in [4.69, 9.17) is 4.74 Å². The number of likely N-dealkylation sites (N-methyl/N-ethyl adjacent to an activating group) is 1. The van der Waals surface area contributed by atoms with Crippen LogP contribution in [0.2, 0.25) is 0 Å². The van der Waals surface area contributed by atoms with Crippen molar-refractivity contribution >= 4 is 11.9 Å². The number of amides is 1. The SMILES string of the molecule is CN=C(NCCc1ccc2c(c1)CCO2)N(C)CC(=O)NC(C)(C)C. The number of benzene rings is 1. The van der Waals surface area contributed by atoms with Crippen LogP contribution in [0.5, 0.6) is 5.75 Å². The molecule has 2 rings (SSSR count). The van der Waals surface area contributed by atoms with E-state index in [9.17, 15) is 4.79 Å². The zero-order valence-corrected chi connectivity index (χ0v) is 16.0. The number of guanidine groups is 1. The second kappa shape index (κ2) is 8.23. The van der Waals surface area contributed by atoms with E-state index in [-0.39, 0.29) is 18.0 Å². The number of hydrogen-bond acceptors (Lipinski definition) is 3. The summed E-state index contributed by atoms with van der Waals surface area (Å²) in [6, 6.07) is 6.37. The molecular weight excluding hydrogens is 316 g/mol. The molecule has 0 unspecified atom stereocenters. The molecule has 1 amide bonds. The van der Waals surface area contributed by atoms with Gasteiger partial charge >= 0.3 is 0 Å². The van der Waals surface area contributed by atoms with Crippen LogP contribution in [0.25, 0.3) is 0 Å². The Hall–Kier alpha value is -2.24. The summed E-state index contributed by atoms with van der Waals surface area (Å²) in [5.41, 5.74) is 2.34. The molecule has 0 saturated carbocycles. The molecule has 0 spiro atoms. The zero-order chi connectivity index (χ0) is 18.4. The standard InChI is InChI=1S/C19H30N4O2/c1-19(2,3)22-17(24)13-23(5)18(20-4)21-10-8-14-6-7-16-15(12-14)9-11-25-16/h6-7,12H,8-11,13H2,1-5H3,(H,20,21)(H,22,24). The first kappa shape index (κ1) is 19.1. The highest BCUT2D eigenvalue weighted by molar-refractivity contribution is 5.86. The molecule has 1 aromatic rings. The smallest absolute Gasteiger partial charge is 0.240 e. The zero-order valence-electron chi connectivity index (χ0n) is 16.0. The van der Waals surface area contributed by atoms with Crippen molar-refractivity contribution in [3.8, 4) is 5.75 Å². The molecule has 0 bridgehead atoms. The van der Waals surface area contributed by atoms with E-state index in [0.717, 1.165) is 31.7 Å². The van der Waals surface area contributed by atoms with Crippen LogP contribution in [0.3, 0.4) is 0 Å². The maximum atomic E-state index is 12.0. The molecule has 0 fully saturated rings. The lowest BCUT2D eigenvalue weighted by molar-refractivity contribution is -0.122. The molecule has 1 aliphatic heterocycles. The molecule has 1 aliphatic rings. The lowest BCUT2D eigenvalue weighted by atomic mass is 10.1. The summed E-state index contributed by atoms with van der Waals surface area (Å²) in [4.78, 5) is 18.1. The molecule has 25 heavy (non-hydrogen) atoms. The first-order valence-electron chi connectivity index (χ1n) is 8.76. The van der Waals surface area contributed by atoms with Crippen LogP contribution >= 0.6 is 0 Å². The van der Waals surface area contributed by atoms with Gasteiger partial charge in [0.1, 0.15) is 5.75 Å². The Morgan fingerprint density at radius 1 is 1.36 bits per heavy atom. The molecule has 6 nitrogen and oxygen atoms in total. The lowest BCUT2D eigenvalue weighted by Gasteiger charge is -2.25. The number of carbonyl (C=O) groups excluding carboxylic acids is 1. The number of ether oxygens (including phenoxy) is 1. The van der Waals surface area contributed by atoms with E-state index in [2.05, 4.69) is 33.8 Å². The van der Waals surface area contributed by atoms with E-state index < -0.39 is 0 Å². The molecule has 1 heterocycles. The van der Waals surface area contributed by atoms with Gasteiger partial charge in [-0.3, -0.25) is 9.79 Å². The van der Waals surface area contributed by atoms with Crippen molar-refractivity contribution in [3.05, 3.63) is 29.3 Å². The minimum absolute atomic E-state index is 0.0171. The minimum Gasteiger partial charge on any atom is -0.493 e. The van der Waals surface area contributed by atoms with Crippen LogP contribution in [0.4, 0.5) is 0 Å². The Morgan fingerprint density at radius 2 is 2.12 bits per heavy atom. The topological polar surface area (TPSA) is 66.0 Å². The predicted octanol–water partition coefficient (Wildman–Crippen LogP) is 1.59. The summed E-state index contributed by atoms with van der Waals surface area (Å²) in [6.07, 6.45) is 1.89. The van der Waals surface area contributed by atoms with E-state index in [1.165, 1.54) is 11.1 Å². The van der Waals surface area contributed by atoms with Crippen LogP contribution in [-0.4, -0.2) is 56.1 Å². The van der Waals surface area contributed by atoms with Crippen molar-refractivity contribution in [3.63, 3.8) is 0 Å². The van der Waals surface area contributed by atoms with Crippen molar-refractivity contribution in [1.82, 2.24) is 15.5 Å². The van der Waals surface area contributed by atoms with Crippen LogP contribution < -0.4 is 15.4 Å². The fourth-order valence-corrected chi connectivity index (χ4v) is 2.85. The highest BCUT2D eigenvalue weighted by Crippen LogP contribution is 2.25. The van der Waals surface area contributed by atoms with Gasteiger partial charge in [-0.15, -0.1) is 0 Å². The normalized spacial score (nSPS) is 13.9. The van der Waals surface area contributed by atoms with Crippen molar-refractivity contribution in [1.29, 1.82) is 0 Å². The van der Waals surface area contributed by atoms with Crippen molar-refractivity contribution in [2.75, 3.05) is 33.8 Å². The van der Waals surface area contributed by atoms with Gasteiger partial charge < -0.3 is 20.3 Å². The molecule has 138 valence electrons. The number of fused-ring (bicyclic) bond motifs is 1. The summed E-state index contributed by atoms with van der Waals surface area (Å²) in [7, 11) is 3.59. The van der Waals surface area contributed by atoms with E-state index >= 15 is 0 Å². The third-order valence-electron chi connectivity index (χ3n) is 3.92. The first-order chi connectivity index (χ1) is 11.8. The lowest BCUT2D eigenvalue weighted by Crippen LogP contribution is -2.49. The molecule has 0 aromatic heterocycles. The fourth-order valence-electron chi connectivity index (χ4n) is 2.85. The summed E-state index contributed by atoms with van der Waals surface area (Å²) >= 11 is 0. The number of hydrogen-bond donors (Lipinski definition) is 2. The maximum Gasteiger partial charge on any atom is 0.240 e. The molecule has 0 saturated heterocycles. The minimum atomic E-state index is -0.230. The number of nitrogens with zero attached hydrogens (tertiary/aromatic N) is 2. The summed E-state index contributed by atoms with van der Waals surface area (Å²) in [5, 5.41) is 6.28. The molecule has 0 radical (unpaired) electrons. The average Bonchev–Trinajstić information content (AvgIpc) is 2.97. The van der Waals surface area contributed by atoms with Gasteiger partial charge in [-0.1, -0.05) is 12.1 Å². The van der Waals surface area contributed by atoms with Gasteiger partial charge in [-0.05, 0) is 44.4 Å². The summed E-state index contributed by atoms with van der Waals surface area (Å²) in [6.45, 7) is 7.73. The van der Waals surface area contributed by atoms with Gasteiger partial charge in [-0.25, -0.2) is 0 Å². The van der Waals surface area contributed by atoms with Gasteiger partial charge in [0.25, 0.3) is 0 Å². The molecule has 1 aromatic carbocycles. The number of carbonyl (C=O) groups is 1. The largest absolute Gasteiger partial charge is 0.493 e. The quantitative estimate of drug-likeness (QED) is 0.628. The van der Waals surface area contributed by atoms with Gasteiger partial charge in [0.2, 0.25) is 5.91 Å². The van der Waals surface area contributed by atoms with Crippen molar-refractivity contribution < 1.29 is 9.53 Å². The number of rotatable bonds is 5. The molecule has 2 N–H and O–H groups in total. The highest BCUT2D eigenvalue weighted by Gasteiger charge is 2.17. The van der Waals surface area contributed by atoms with Crippen LogP contribution in [0, 0.1) is 0 Å². The van der Waals surface area contributed by atoms with Gasteiger partial charge in [0.05, 0.1) is 13.2 Å². The predicted molar refractivity (Wildman–Crippen MR) is 101 cm³/mol. The number of nitrogens with one attached hydrogen (secondary N) is 2.